The molecule has 11 nitrogen and oxygen atoms in total. The smallest absolute Gasteiger partial charge is 0.248 e. The van der Waals surface area contributed by atoms with Crippen molar-refractivity contribution >= 4 is 35.2 Å². The van der Waals surface area contributed by atoms with Gasteiger partial charge >= 0.3 is 0 Å². The highest BCUT2D eigenvalue weighted by atomic mass is 16.2. The number of hydrogen-bond donors (Lipinski definition) is 5. The van der Waals surface area contributed by atoms with E-state index in [9.17, 15) is 14.4 Å². The zero-order valence-corrected chi connectivity index (χ0v) is 23.7. The Kier molecular flexibility index (Phi) is 11.4. The van der Waals surface area contributed by atoms with Crippen molar-refractivity contribution in [1.82, 2.24) is 20.2 Å². The van der Waals surface area contributed by atoms with Gasteiger partial charge < -0.3 is 32.3 Å². The van der Waals surface area contributed by atoms with Gasteiger partial charge in [-0.15, -0.1) is 0 Å². The van der Waals surface area contributed by atoms with E-state index in [2.05, 4.69) is 27.9 Å². The van der Waals surface area contributed by atoms with Gasteiger partial charge in [-0.3, -0.25) is 14.4 Å². The van der Waals surface area contributed by atoms with Crippen LogP contribution < -0.4 is 27.4 Å². The van der Waals surface area contributed by atoms with Crippen molar-refractivity contribution in [3.05, 3.63) is 77.5 Å². The summed E-state index contributed by atoms with van der Waals surface area (Å²) >= 11 is 0. The fourth-order valence-corrected chi connectivity index (χ4v) is 3.91. The minimum atomic E-state index is -0.591. The molecule has 1 aromatic heterocycles. The highest BCUT2D eigenvalue weighted by molar-refractivity contribution is 5.97. The zero-order chi connectivity index (χ0) is 29.8. The topological polar surface area (TPSA) is 168 Å². The second kappa shape index (κ2) is 15.1. The zero-order valence-electron chi connectivity index (χ0n) is 23.7. The molecule has 1 heterocycles. The number of aromatic nitrogens is 2. The molecule has 3 rings (SSSR count). The van der Waals surface area contributed by atoms with E-state index in [1.807, 2.05) is 43.3 Å². The molecular weight excluding hydrogens is 520 g/mol. The molecule has 0 unspecified atom stereocenters. The third-order valence-corrected chi connectivity index (χ3v) is 6.10. The van der Waals surface area contributed by atoms with Gasteiger partial charge in [-0.05, 0) is 62.3 Å². The van der Waals surface area contributed by atoms with E-state index in [4.69, 9.17) is 16.5 Å². The number of primary amides is 2. The molecule has 3 amide bonds. The summed E-state index contributed by atoms with van der Waals surface area (Å²) in [7, 11) is 3.74. The minimum Gasteiger partial charge on any atom is -0.369 e. The average molecular weight is 559 g/mol. The second-order valence-corrected chi connectivity index (χ2v) is 9.78. The predicted octanol–water partition coefficient (Wildman–Crippen LogP) is 2.83. The Morgan fingerprint density at radius 1 is 1.02 bits per heavy atom. The Balaban J connectivity index is 1.69. The molecule has 7 N–H and O–H groups in total. The lowest BCUT2D eigenvalue weighted by Gasteiger charge is -2.14. The third-order valence-electron chi connectivity index (χ3n) is 6.10. The van der Waals surface area contributed by atoms with Crippen LogP contribution in [0.2, 0.25) is 0 Å². The Morgan fingerprint density at radius 3 is 2.44 bits per heavy atom. The summed E-state index contributed by atoms with van der Waals surface area (Å²) in [5.41, 5.74) is 15.0. The summed E-state index contributed by atoms with van der Waals surface area (Å²) in [6.45, 7) is 3.75. The molecule has 11 heteroatoms. The summed E-state index contributed by atoms with van der Waals surface area (Å²) < 4.78 is 0. The second-order valence-electron chi connectivity index (χ2n) is 9.78. The molecule has 0 atom stereocenters. The van der Waals surface area contributed by atoms with Gasteiger partial charge in [-0.1, -0.05) is 37.3 Å². The Hall–Kier alpha value is -4.77. The molecule has 0 radical (unpaired) electrons. The number of carbonyl (C=O) groups is 3. The van der Waals surface area contributed by atoms with Gasteiger partial charge in [-0.25, -0.2) is 4.98 Å². The van der Waals surface area contributed by atoms with Crippen LogP contribution in [0.1, 0.15) is 35.7 Å². The SMILES string of the molecule is CCCNc1nc(Nc2ccc(C(N)=O)cc2)ncc1-c1cccc(CCNC(=O)C/C(=C\CN(C)C)C(N)=O)c1. The van der Waals surface area contributed by atoms with Crippen molar-refractivity contribution in [3.8, 4) is 11.1 Å². The van der Waals surface area contributed by atoms with Crippen molar-refractivity contribution in [2.24, 2.45) is 11.5 Å². The highest BCUT2D eigenvalue weighted by Crippen LogP contribution is 2.28. The van der Waals surface area contributed by atoms with Crippen LogP contribution in [0.4, 0.5) is 17.5 Å². The monoisotopic (exact) mass is 558 g/mol. The van der Waals surface area contributed by atoms with E-state index in [-0.39, 0.29) is 12.3 Å². The number of rotatable bonds is 15. The van der Waals surface area contributed by atoms with Crippen molar-refractivity contribution in [1.29, 1.82) is 0 Å². The third kappa shape index (κ3) is 9.73. The van der Waals surface area contributed by atoms with Gasteiger partial charge in [0.25, 0.3) is 0 Å². The number of nitrogens with zero attached hydrogens (tertiary/aromatic N) is 3. The number of likely N-dealkylation sites (N-methyl/N-ethyl adjacent to an activating group) is 1. The number of anilines is 3. The first-order valence-corrected chi connectivity index (χ1v) is 13.4. The van der Waals surface area contributed by atoms with Gasteiger partial charge in [-0.2, -0.15) is 4.98 Å². The summed E-state index contributed by atoms with van der Waals surface area (Å²) in [4.78, 5) is 46.5. The van der Waals surface area contributed by atoms with Gasteiger partial charge in [0.15, 0.2) is 0 Å². The van der Waals surface area contributed by atoms with Crippen LogP contribution in [0, 0.1) is 0 Å². The number of nitrogens with one attached hydrogen (secondary N) is 3. The number of carbonyl (C=O) groups excluding carboxylic acids is 3. The van der Waals surface area contributed by atoms with Crippen molar-refractivity contribution in [2.75, 3.05) is 44.4 Å². The molecule has 0 aliphatic heterocycles. The van der Waals surface area contributed by atoms with E-state index >= 15 is 0 Å². The van der Waals surface area contributed by atoms with Crippen LogP contribution in [-0.2, 0) is 16.0 Å². The molecule has 0 aliphatic carbocycles. The van der Waals surface area contributed by atoms with Gasteiger partial charge in [0.2, 0.25) is 23.7 Å². The summed E-state index contributed by atoms with van der Waals surface area (Å²) in [5.74, 6) is -0.235. The standard InChI is InChI=1S/C30H38N8O3/c1-4-14-34-29-25(19-35-30(37-29)36-24-10-8-21(9-11-24)27(31)40)22-7-5-6-20(17-22)12-15-33-26(39)18-23(28(32)41)13-16-38(2)3/h5-11,13,17,19H,4,12,14-16,18H2,1-3H3,(H2,31,40)(H2,32,41)(H,33,39)(H2,34,35,36,37)/b23-13+. The highest BCUT2D eigenvalue weighted by Gasteiger charge is 2.13. The average Bonchev–Trinajstić information content (AvgIpc) is 2.94. The fourth-order valence-electron chi connectivity index (χ4n) is 3.91. The number of amides is 3. The summed E-state index contributed by atoms with van der Waals surface area (Å²) in [6.07, 6.45) is 4.91. The fraction of sp³-hybridized carbons (Fsp3) is 0.300. The van der Waals surface area contributed by atoms with Crippen molar-refractivity contribution < 1.29 is 14.4 Å². The lowest BCUT2D eigenvalue weighted by molar-refractivity contribution is -0.122. The van der Waals surface area contributed by atoms with Crippen LogP contribution in [0.25, 0.3) is 11.1 Å². The molecule has 216 valence electrons. The predicted molar refractivity (Wildman–Crippen MR) is 162 cm³/mol. The Morgan fingerprint density at radius 2 is 1.78 bits per heavy atom. The summed E-state index contributed by atoms with van der Waals surface area (Å²) in [5, 5.41) is 9.41. The molecule has 0 fully saturated rings. The lowest BCUT2D eigenvalue weighted by Crippen LogP contribution is -2.28. The molecule has 0 spiro atoms. The van der Waals surface area contributed by atoms with Gasteiger partial charge in [0.1, 0.15) is 5.82 Å². The maximum atomic E-state index is 12.4. The van der Waals surface area contributed by atoms with Crippen LogP contribution in [0.3, 0.4) is 0 Å². The van der Waals surface area contributed by atoms with E-state index in [1.165, 1.54) is 0 Å². The summed E-state index contributed by atoms with van der Waals surface area (Å²) in [6, 6.07) is 14.8. The Bertz CT molecular complexity index is 1390. The molecule has 0 aliphatic rings. The maximum absolute atomic E-state index is 12.4. The maximum Gasteiger partial charge on any atom is 0.248 e. The van der Waals surface area contributed by atoms with E-state index in [0.29, 0.717) is 42.4 Å². The first kappa shape index (κ1) is 30.8. The van der Waals surface area contributed by atoms with E-state index < -0.39 is 11.8 Å². The quantitative estimate of drug-likeness (QED) is 0.177. The van der Waals surface area contributed by atoms with Gasteiger partial charge in [0.05, 0.1) is 6.42 Å². The largest absolute Gasteiger partial charge is 0.369 e. The van der Waals surface area contributed by atoms with Crippen LogP contribution in [-0.4, -0.2) is 66.3 Å². The van der Waals surface area contributed by atoms with Crippen molar-refractivity contribution in [2.45, 2.75) is 26.2 Å². The number of nitrogens with two attached hydrogens (primary N) is 2. The Labute approximate surface area is 240 Å². The van der Waals surface area contributed by atoms with Gasteiger partial charge in [0, 0.05) is 48.2 Å². The minimum absolute atomic E-state index is 0.0529. The molecule has 0 saturated heterocycles. The van der Waals surface area contributed by atoms with Crippen LogP contribution >= 0.6 is 0 Å². The van der Waals surface area contributed by atoms with Crippen LogP contribution in [0.5, 0.6) is 0 Å². The van der Waals surface area contributed by atoms with Crippen LogP contribution in [0.15, 0.2) is 66.4 Å². The van der Waals surface area contributed by atoms with Crippen molar-refractivity contribution in [3.63, 3.8) is 0 Å². The van der Waals surface area contributed by atoms with E-state index in [1.54, 1.807) is 36.5 Å². The molecule has 41 heavy (non-hydrogen) atoms. The molecule has 3 aromatic rings. The normalized spacial score (nSPS) is 11.3. The molecular formula is C30H38N8O3. The lowest BCUT2D eigenvalue weighted by atomic mass is 10.0. The van der Waals surface area contributed by atoms with E-state index in [0.717, 1.165) is 35.3 Å². The first-order chi connectivity index (χ1) is 19.7. The molecule has 0 saturated carbocycles. The molecule has 0 bridgehead atoms. The number of hydrogen-bond acceptors (Lipinski definition) is 8. The first-order valence-electron chi connectivity index (χ1n) is 13.4. The molecule has 2 aromatic carbocycles. The number of benzene rings is 2.